The molecule has 0 saturated carbocycles. The lowest BCUT2D eigenvalue weighted by molar-refractivity contribution is 0.594. The Kier molecular flexibility index (Phi) is 4.95. The molecule has 0 spiro atoms. The van der Waals surface area contributed by atoms with Crippen molar-refractivity contribution in [2.75, 3.05) is 0 Å². The maximum atomic E-state index is 13.3. The lowest BCUT2D eigenvalue weighted by atomic mass is 10.1. The molecule has 0 saturated heterocycles. The van der Waals surface area contributed by atoms with Gasteiger partial charge in [0.25, 0.3) is 0 Å². The van der Waals surface area contributed by atoms with Crippen molar-refractivity contribution in [3.63, 3.8) is 0 Å². The van der Waals surface area contributed by atoms with Gasteiger partial charge in [-0.3, -0.25) is 0 Å². The second-order valence-electron chi connectivity index (χ2n) is 3.51. The van der Waals surface area contributed by atoms with Gasteiger partial charge in [-0.25, -0.2) is 4.39 Å². The quantitative estimate of drug-likeness (QED) is 0.629. The highest BCUT2D eigenvalue weighted by Gasteiger charge is 2.05. The molecular weight excluding hydrogens is 199 g/mol. The monoisotopic (exact) mass is 214 g/mol. The Morgan fingerprint density at radius 3 is 2.64 bits per heavy atom. The van der Waals surface area contributed by atoms with E-state index in [0.29, 0.717) is 10.6 Å². The topological polar surface area (TPSA) is 0 Å². The molecule has 0 nitrogen and oxygen atoms in total. The van der Waals surface area contributed by atoms with E-state index in [1.807, 2.05) is 0 Å². The van der Waals surface area contributed by atoms with Crippen LogP contribution in [-0.2, 0) is 6.42 Å². The summed E-state index contributed by atoms with van der Waals surface area (Å²) in [6.45, 7) is 2.16. The van der Waals surface area contributed by atoms with Crippen LogP contribution in [0.1, 0.15) is 38.2 Å². The van der Waals surface area contributed by atoms with Gasteiger partial charge >= 0.3 is 0 Å². The van der Waals surface area contributed by atoms with Crippen LogP contribution in [0.15, 0.2) is 18.2 Å². The predicted octanol–water partition coefficient (Wildman–Crippen LogP) is 4.60. The molecule has 1 aromatic rings. The van der Waals surface area contributed by atoms with E-state index in [1.54, 1.807) is 12.1 Å². The SMILES string of the molecule is CCCCCCc1c(F)cccc1Cl. The van der Waals surface area contributed by atoms with Crippen molar-refractivity contribution < 1.29 is 4.39 Å². The second-order valence-corrected chi connectivity index (χ2v) is 3.92. The minimum atomic E-state index is -0.172. The third-order valence-electron chi connectivity index (χ3n) is 2.34. The summed E-state index contributed by atoms with van der Waals surface area (Å²) >= 11 is 5.90. The Hall–Kier alpha value is -0.560. The lowest BCUT2D eigenvalue weighted by Crippen LogP contribution is -1.92. The molecule has 2 heteroatoms. The zero-order valence-corrected chi connectivity index (χ0v) is 9.28. The van der Waals surface area contributed by atoms with Crippen molar-refractivity contribution in [2.45, 2.75) is 39.0 Å². The molecule has 14 heavy (non-hydrogen) atoms. The Labute approximate surface area is 90.1 Å². The van der Waals surface area contributed by atoms with Crippen molar-refractivity contribution >= 4 is 11.6 Å². The van der Waals surface area contributed by atoms with Gasteiger partial charge in [0.05, 0.1) is 0 Å². The average molecular weight is 215 g/mol. The van der Waals surface area contributed by atoms with Crippen LogP contribution in [0.25, 0.3) is 0 Å². The molecule has 0 radical (unpaired) electrons. The van der Waals surface area contributed by atoms with Crippen molar-refractivity contribution in [3.05, 3.63) is 34.6 Å². The van der Waals surface area contributed by atoms with Gasteiger partial charge in [-0.1, -0.05) is 43.9 Å². The van der Waals surface area contributed by atoms with Gasteiger partial charge in [-0.15, -0.1) is 0 Å². The van der Waals surface area contributed by atoms with E-state index in [0.717, 1.165) is 19.3 Å². The highest BCUT2D eigenvalue weighted by Crippen LogP contribution is 2.21. The van der Waals surface area contributed by atoms with Crippen LogP contribution >= 0.6 is 11.6 Å². The van der Waals surface area contributed by atoms with E-state index in [-0.39, 0.29) is 5.82 Å². The number of benzene rings is 1. The first-order valence-corrected chi connectivity index (χ1v) is 5.56. The highest BCUT2D eigenvalue weighted by atomic mass is 35.5. The molecule has 1 aromatic carbocycles. The summed E-state index contributed by atoms with van der Waals surface area (Å²) in [6, 6.07) is 4.87. The first-order valence-electron chi connectivity index (χ1n) is 5.18. The molecular formula is C12H16ClF. The molecule has 0 amide bonds. The van der Waals surface area contributed by atoms with E-state index in [2.05, 4.69) is 6.92 Å². The molecule has 0 aromatic heterocycles. The van der Waals surface area contributed by atoms with Gasteiger partial charge in [0.2, 0.25) is 0 Å². The summed E-state index contributed by atoms with van der Waals surface area (Å²) < 4.78 is 13.3. The third kappa shape index (κ3) is 3.30. The minimum Gasteiger partial charge on any atom is -0.207 e. The average Bonchev–Trinajstić information content (AvgIpc) is 2.16. The van der Waals surface area contributed by atoms with Crippen molar-refractivity contribution in [2.24, 2.45) is 0 Å². The summed E-state index contributed by atoms with van der Waals surface area (Å²) in [5, 5.41) is 0.557. The normalized spacial score (nSPS) is 10.5. The first-order chi connectivity index (χ1) is 6.75. The van der Waals surface area contributed by atoms with Gasteiger partial charge in [-0.2, -0.15) is 0 Å². The summed E-state index contributed by atoms with van der Waals surface area (Å²) in [4.78, 5) is 0. The first kappa shape index (κ1) is 11.5. The number of halogens is 2. The van der Waals surface area contributed by atoms with Crippen LogP contribution in [-0.4, -0.2) is 0 Å². The molecule has 0 unspecified atom stereocenters. The summed E-state index contributed by atoms with van der Waals surface area (Å²) in [7, 11) is 0. The smallest absolute Gasteiger partial charge is 0.127 e. The summed E-state index contributed by atoms with van der Waals surface area (Å²) in [6.07, 6.45) is 5.35. The largest absolute Gasteiger partial charge is 0.207 e. The fraction of sp³-hybridized carbons (Fsp3) is 0.500. The summed E-state index contributed by atoms with van der Waals surface area (Å²) in [5.74, 6) is -0.172. The van der Waals surface area contributed by atoms with Gasteiger partial charge in [0, 0.05) is 10.6 Å². The standard InChI is InChI=1S/C12H16ClF/c1-2-3-4-5-7-10-11(13)8-6-9-12(10)14/h6,8-9H,2-5,7H2,1H3. The maximum Gasteiger partial charge on any atom is 0.127 e. The van der Waals surface area contributed by atoms with Crippen molar-refractivity contribution in [1.29, 1.82) is 0 Å². The van der Waals surface area contributed by atoms with Crippen molar-refractivity contribution in [3.8, 4) is 0 Å². The van der Waals surface area contributed by atoms with Crippen LogP contribution < -0.4 is 0 Å². The minimum absolute atomic E-state index is 0.172. The number of rotatable bonds is 5. The second kappa shape index (κ2) is 6.02. The maximum absolute atomic E-state index is 13.3. The van der Waals surface area contributed by atoms with Gasteiger partial charge < -0.3 is 0 Å². The third-order valence-corrected chi connectivity index (χ3v) is 2.70. The lowest BCUT2D eigenvalue weighted by Gasteiger charge is -2.04. The fourth-order valence-corrected chi connectivity index (χ4v) is 1.76. The fourth-order valence-electron chi connectivity index (χ4n) is 1.50. The van der Waals surface area contributed by atoms with Crippen LogP contribution in [0, 0.1) is 5.82 Å². The van der Waals surface area contributed by atoms with Crippen LogP contribution in [0.2, 0.25) is 5.02 Å². The molecule has 0 N–H and O–H groups in total. The Morgan fingerprint density at radius 1 is 1.21 bits per heavy atom. The van der Waals surface area contributed by atoms with E-state index in [4.69, 9.17) is 11.6 Å². The predicted molar refractivity (Wildman–Crippen MR) is 59.3 cm³/mol. The number of unbranched alkanes of at least 4 members (excludes halogenated alkanes) is 3. The van der Waals surface area contributed by atoms with Gasteiger partial charge in [0.15, 0.2) is 0 Å². The number of hydrogen-bond acceptors (Lipinski definition) is 0. The molecule has 0 bridgehead atoms. The summed E-state index contributed by atoms with van der Waals surface area (Å²) in [5.41, 5.74) is 0.672. The van der Waals surface area contributed by atoms with Crippen molar-refractivity contribution in [1.82, 2.24) is 0 Å². The van der Waals surface area contributed by atoms with Crippen LogP contribution in [0.3, 0.4) is 0 Å². The highest BCUT2D eigenvalue weighted by molar-refractivity contribution is 6.31. The van der Waals surface area contributed by atoms with E-state index in [9.17, 15) is 4.39 Å². The van der Waals surface area contributed by atoms with E-state index >= 15 is 0 Å². The molecule has 78 valence electrons. The van der Waals surface area contributed by atoms with Crippen LogP contribution in [0.4, 0.5) is 4.39 Å². The molecule has 0 aliphatic rings. The number of hydrogen-bond donors (Lipinski definition) is 0. The molecule has 0 heterocycles. The van der Waals surface area contributed by atoms with E-state index in [1.165, 1.54) is 18.9 Å². The zero-order chi connectivity index (χ0) is 10.4. The van der Waals surface area contributed by atoms with Gasteiger partial charge in [-0.05, 0) is 25.0 Å². The Balaban J connectivity index is 2.49. The Bertz CT molecular complexity index is 263. The molecule has 1 rings (SSSR count). The zero-order valence-electron chi connectivity index (χ0n) is 8.52. The molecule has 0 aliphatic carbocycles. The Morgan fingerprint density at radius 2 is 2.00 bits per heavy atom. The molecule has 0 aliphatic heterocycles. The molecule has 0 fully saturated rings. The van der Waals surface area contributed by atoms with E-state index < -0.39 is 0 Å². The van der Waals surface area contributed by atoms with Crippen LogP contribution in [0.5, 0.6) is 0 Å². The van der Waals surface area contributed by atoms with Gasteiger partial charge in [0.1, 0.15) is 5.82 Å². The molecule has 0 atom stereocenters.